The van der Waals surface area contributed by atoms with Gasteiger partial charge in [-0.3, -0.25) is 0 Å². The molecule has 0 aliphatic carbocycles. The molecule has 1 unspecified atom stereocenters. The normalized spacial score (nSPS) is 21.9. The summed E-state index contributed by atoms with van der Waals surface area (Å²) in [4.78, 5) is 0. The number of ether oxygens (including phenoxy) is 2. The number of halogens is 1. The highest BCUT2D eigenvalue weighted by atomic mass is 35.5. The van der Waals surface area contributed by atoms with E-state index in [2.05, 4.69) is 5.10 Å². The molecule has 18 heavy (non-hydrogen) atoms. The number of hydrogen-bond acceptors (Lipinski definition) is 3. The Morgan fingerprint density at radius 3 is 2.72 bits per heavy atom. The van der Waals surface area contributed by atoms with Crippen LogP contribution in [0.2, 0.25) is 5.02 Å². The minimum absolute atomic E-state index is 0.214. The maximum Gasteiger partial charge on any atom is 0.233 e. The topological polar surface area (TPSA) is 39.6 Å². The van der Waals surface area contributed by atoms with Crippen LogP contribution in [0.3, 0.4) is 0 Å². The Hall–Kier alpha value is -1.52. The lowest BCUT2D eigenvalue weighted by molar-refractivity contribution is 0.252. The second kappa shape index (κ2) is 4.63. The summed E-state index contributed by atoms with van der Waals surface area (Å²) in [6.45, 7) is 2.58. The van der Waals surface area contributed by atoms with E-state index in [4.69, 9.17) is 21.1 Å². The van der Waals surface area contributed by atoms with Crippen molar-refractivity contribution in [3.63, 3.8) is 0 Å². The molecule has 1 aliphatic rings. The van der Waals surface area contributed by atoms with Gasteiger partial charge in [-0.05, 0) is 31.2 Å². The predicted molar refractivity (Wildman–Crippen MR) is 68.4 cm³/mol. The summed E-state index contributed by atoms with van der Waals surface area (Å²) >= 11 is 5.84. The van der Waals surface area contributed by atoms with Crippen LogP contribution in [0, 0.1) is 0 Å². The van der Waals surface area contributed by atoms with Gasteiger partial charge in [0.15, 0.2) is 0 Å². The smallest absolute Gasteiger partial charge is 0.233 e. The summed E-state index contributed by atoms with van der Waals surface area (Å²) in [6.07, 6.45) is 2.38. The van der Waals surface area contributed by atoms with Gasteiger partial charge in [-0.15, -0.1) is 5.10 Å². The largest absolute Gasteiger partial charge is 0.474 e. The van der Waals surface area contributed by atoms with Crippen LogP contribution in [0.25, 0.3) is 5.69 Å². The Balaban J connectivity index is 1.67. The van der Waals surface area contributed by atoms with E-state index in [9.17, 15) is 0 Å². The van der Waals surface area contributed by atoms with Crippen LogP contribution >= 0.6 is 11.6 Å². The molecule has 1 fully saturated rings. The molecule has 4 nitrogen and oxygen atoms in total. The van der Waals surface area contributed by atoms with Crippen molar-refractivity contribution < 1.29 is 9.47 Å². The van der Waals surface area contributed by atoms with Crippen LogP contribution in [-0.4, -0.2) is 28.6 Å². The van der Waals surface area contributed by atoms with E-state index in [0.717, 1.165) is 5.69 Å². The van der Waals surface area contributed by atoms with E-state index in [0.29, 0.717) is 23.6 Å². The van der Waals surface area contributed by atoms with Gasteiger partial charge in [-0.25, -0.2) is 4.68 Å². The van der Waals surface area contributed by atoms with Crippen LogP contribution in [0.15, 0.2) is 36.5 Å². The van der Waals surface area contributed by atoms with Crippen LogP contribution in [-0.2, 0) is 4.74 Å². The first-order chi connectivity index (χ1) is 8.72. The molecule has 3 rings (SSSR count). The van der Waals surface area contributed by atoms with E-state index in [1.54, 1.807) is 4.68 Å². The molecule has 94 valence electrons. The fourth-order valence-corrected chi connectivity index (χ4v) is 1.82. The number of nitrogens with zero attached hydrogens (tertiary/aromatic N) is 2. The maximum absolute atomic E-state index is 5.84. The molecule has 0 spiro atoms. The third-order valence-corrected chi connectivity index (χ3v) is 3.14. The third-order valence-electron chi connectivity index (χ3n) is 2.89. The zero-order chi connectivity index (χ0) is 12.5. The van der Waals surface area contributed by atoms with Crippen molar-refractivity contribution in [2.75, 3.05) is 6.61 Å². The number of epoxide rings is 1. The van der Waals surface area contributed by atoms with Crippen LogP contribution in [0.5, 0.6) is 5.88 Å². The van der Waals surface area contributed by atoms with E-state index < -0.39 is 0 Å². The second-order valence-electron chi connectivity index (χ2n) is 4.27. The first kappa shape index (κ1) is 11.6. The molecular weight excluding hydrogens is 252 g/mol. The zero-order valence-corrected chi connectivity index (χ0v) is 10.7. The second-order valence-corrected chi connectivity index (χ2v) is 4.70. The van der Waals surface area contributed by atoms with E-state index in [-0.39, 0.29) is 6.10 Å². The molecule has 2 atom stereocenters. The Kier molecular flexibility index (Phi) is 2.97. The summed E-state index contributed by atoms with van der Waals surface area (Å²) in [7, 11) is 0. The van der Waals surface area contributed by atoms with Gasteiger partial charge < -0.3 is 9.47 Å². The number of benzene rings is 1. The van der Waals surface area contributed by atoms with Crippen molar-refractivity contribution in [3.05, 3.63) is 41.6 Å². The van der Waals surface area contributed by atoms with Crippen LogP contribution < -0.4 is 4.74 Å². The fraction of sp³-hybridized carbons (Fsp3) is 0.308. The van der Waals surface area contributed by atoms with Gasteiger partial charge in [0.1, 0.15) is 12.7 Å². The van der Waals surface area contributed by atoms with E-state index >= 15 is 0 Å². The van der Waals surface area contributed by atoms with Gasteiger partial charge in [0.05, 0.1) is 11.8 Å². The average Bonchev–Trinajstić information content (AvgIpc) is 2.89. The molecule has 0 N–H and O–H groups in total. The molecule has 1 aromatic heterocycles. The molecule has 1 aromatic carbocycles. The monoisotopic (exact) mass is 264 g/mol. The molecule has 0 radical (unpaired) electrons. The van der Waals surface area contributed by atoms with Crippen LogP contribution in [0.1, 0.15) is 6.92 Å². The summed E-state index contributed by atoms with van der Waals surface area (Å²) in [5.41, 5.74) is 0.949. The Morgan fingerprint density at radius 2 is 2.06 bits per heavy atom. The quantitative estimate of drug-likeness (QED) is 0.797. The van der Waals surface area contributed by atoms with E-state index in [1.807, 2.05) is 43.5 Å². The third kappa shape index (κ3) is 2.49. The lowest BCUT2D eigenvalue weighted by Crippen LogP contribution is -2.07. The predicted octanol–water partition coefficient (Wildman–Crippen LogP) is 2.69. The minimum Gasteiger partial charge on any atom is -0.474 e. The highest BCUT2D eigenvalue weighted by molar-refractivity contribution is 6.30. The molecule has 5 heteroatoms. The molecule has 1 saturated heterocycles. The van der Waals surface area contributed by atoms with Crippen molar-refractivity contribution in [2.24, 2.45) is 0 Å². The first-order valence-corrected chi connectivity index (χ1v) is 6.20. The average molecular weight is 265 g/mol. The lowest BCUT2D eigenvalue weighted by Gasteiger charge is -2.01. The maximum atomic E-state index is 5.84. The van der Waals surface area contributed by atoms with Crippen molar-refractivity contribution >= 4 is 11.6 Å². The SMILES string of the molecule is CC1O[C@@H]1COc1ccn(-c2ccc(Cl)cc2)n1. The van der Waals surface area contributed by atoms with Gasteiger partial charge >= 0.3 is 0 Å². The summed E-state index contributed by atoms with van der Waals surface area (Å²) < 4.78 is 12.6. The molecule has 0 amide bonds. The molecule has 2 aromatic rings. The Morgan fingerprint density at radius 1 is 1.33 bits per heavy atom. The Bertz CT molecular complexity index is 538. The number of rotatable bonds is 4. The van der Waals surface area contributed by atoms with Crippen molar-refractivity contribution in [3.8, 4) is 11.6 Å². The van der Waals surface area contributed by atoms with Gasteiger partial charge in [0.25, 0.3) is 0 Å². The first-order valence-electron chi connectivity index (χ1n) is 5.82. The molecule has 0 saturated carbocycles. The zero-order valence-electron chi connectivity index (χ0n) is 9.91. The fourth-order valence-electron chi connectivity index (χ4n) is 1.69. The number of aromatic nitrogens is 2. The minimum atomic E-state index is 0.214. The highest BCUT2D eigenvalue weighted by Crippen LogP contribution is 2.22. The van der Waals surface area contributed by atoms with Gasteiger partial charge in [0.2, 0.25) is 5.88 Å². The molecule has 2 heterocycles. The molecule has 0 bridgehead atoms. The summed E-state index contributed by atoms with van der Waals surface area (Å²) in [6, 6.07) is 9.32. The Labute approximate surface area is 110 Å². The molecule has 1 aliphatic heterocycles. The standard InChI is InChI=1S/C13H13ClN2O2/c1-9-12(18-9)8-17-13-6-7-16(15-13)11-4-2-10(14)3-5-11/h2-7,9,12H,8H2,1H3/t9?,12-/m1/s1. The highest BCUT2D eigenvalue weighted by Gasteiger charge is 2.34. The van der Waals surface area contributed by atoms with Gasteiger partial charge in [0, 0.05) is 17.3 Å². The van der Waals surface area contributed by atoms with E-state index in [1.165, 1.54) is 0 Å². The van der Waals surface area contributed by atoms with Crippen molar-refractivity contribution in [2.45, 2.75) is 19.1 Å². The van der Waals surface area contributed by atoms with Crippen LogP contribution in [0.4, 0.5) is 0 Å². The summed E-state index contributed by atoms with van der Waals surface area (Å²) in [5, 5.41) is 5.04. The molecular formula is C13H13ClN2O2. The lowest BCUT2D eigenvalue weighted by atomic mass is 10.3. The van der Waals surface area contributed by atoms with Gasteiger partial charge in [-0.1, -0.05) is 11.6 Å². The number of hydrogen-bond donors (Lipinski definition) is 0. The van der Waals surface area contributed by atoms with Crippen molar-refractivity contribution in [1.82, 2.24) is 9.78 Å². The van der Waals surface area contributed by atoms with Gasteiger partial charge in [-0.2, -0.15) is 0 Å². The van der Waals surface area contributed by atoms with Crippen molar-refractivity contribution in [1.29, 1.82) is 0 Å². The summed E-state index contributed by atoms with van der Waals surface area (Å²) in [5.74, 6) is 0.604.